The van der Waals surface area contributed by atoms with E-state index in [0.29, 0.717) is 0 Å². The van der Waals surface area contributed by atoms with Crippen molar-refractivity contribution >= 4 is 73.0 Å². The fraction of sp³-hybridized carbons (Fsp3) is 0.571. The van der Waals surface area contributed by atoms with Gasteiger partial charge in [-0.15, -0.1) is 0 Å². The van der Waals surface area contributed by atoms with E-state index in [4.69, 9.17) is 33.2 Å². The predicted molar refractivity (Wildman–Crippen MR) is 181 cm³/mol. The second kappa shape index (κ2) is 32.1. The molecule has 0 spiro atoms. The molecule has 31 nitrogen and oxygen atoms in total. The number of nitrogens with one attached hydrogen (secondary N) is 6. The SMILES string of the molecule is O=C=NCNC(=O)OCC(COCC(COC(=O)NCN=C=O)(COC(=O)NCN=C=O)COC(=O)NCN=C=O)(COC(=O)NCN=C=O)COC(=O)NCN=C=O. The van der Waals surface area contributed by atoms with Crippen molar-refractivity contribution in [3.8, 4) is 0 Å². The molecule has 0 aliphatic carbocycles. The van der Waals surface area contributed by atoms with Gasteiger partial charge in [-0.05, 0) is 0 Å². The highest BCUT2D eigenvalue weighted by atomic mass is 16.6. The van der Waals surface area contributed by atoms with Crippen LogP contribution in [0.4, 0.5) is 28.8 Å². The van der Waals surface area contributed by atoms with Crippen LogP contribution in [0.15, 0.2) is 30.0 Å². The van der Waals surface area contributed by atoms with E-state index in [1.54, 1.807) is 0 Å². The number of nitrogens with zero attached hydrogens (tertiary/aromatic N) is 6. The van der Waals surface area contributed by atoms with Crippen molar-refractivity contribution < 1.29 is 90.7 Å². The van der Waals surface area contributed by atoms with Gasteiger partial charge in [-0.25, -0.2) is 57.5 Å². The molecule has 320 valence electrons. The van der Waals surface area contributed by atoms with Crippen LogP contribution in [0.3, 0.4) is 0 Å². The highest BCUT2D eigenvalue weighted by Crippen LogP contribution is 2.26. The van der Waals surface area contributed by atoms with Crippen LogP contribution in [-0.2, 0) is 61.9 Å². The summed E-state index contributed by atoms with van der Waals surface area (Å²) in [6.45, 7) is -10.4. The van der Waals surface area contributed by atoms with E-state index in [-0.39, 0.29) is 0 Å². The van der Waals surface area contributed by atoms with Crippen molar-refractivity contribution in [3.05, 3.63) is 0 Å². The minimum absolute atomic E-state index is 0.597. The molecule has 31 heteroatoms. The van der Waals surface area contributed by atoms with Crippen molar-refractivity contribution in [1.29, 1.82) is 0 Å². The van der Waals surface area contributed by atoms with E-state index in [2.05, 4.69) is 61.9 Å². The Morgan fingerprint density at radius 2 is 0.492 bits per heavy atom. The lowest BCUT2D eigenvalue weighted by Gasteiger charge is -2.35. The smallest absolute Gasteiger partial charge is 0.408 e. The molecule has 0 saturated carbocycles. The van der Waals surface area contributed by atoms with Gasteiger partial charge in [0.15, 0.2) is 0 Å². The van der Waals surface area contributed by atoms with Crippen molar-refractivity contribution in [1.82, 2.24) is 31.9 Å². The summed E-state index contributed by atoms with van der Waals surface area (Å²) in [5.41, 5.74) is -3.90. The molecule has 0 saturated heterocycles. The van der Waals surface area contributed by atoms with Crippen LogP contribution in [0.25, 0.3) is 0 Å². The minimum atomic E-state index is -1.95. The molecule has 59 heavy (non-hydrogen) atoms. The lowest BCUT2D eigenvalue weighted by Crippen LogP contribution is -2.49. The molecule has 6 amide bonds. The third-order valence-electron chi connectivity index (χ3n) is 6.08. The van der Waals surface area contributed by atoms with Crippen LogP contribution in [0.5, 0.6) is 0 Å². The fourth-order valence-corrected chi connectivity index (χ4v) is 3.42. The first-order chi connectivity index (χ1) is 28.4. The third kappa shape index (κ3) is 26.3. The molecule has 0 unspecified atom stereocenters. The number of carbonyl (C=O) groups excluding carboxylic acids is 12. The first-order valence-corrected chi connectivity index (χ1v) is 15.7. The van der Waals surface area contributed by atoms with Crippen molar-refractivity contribution in [2.45, 2.75) is 0 Å². The molecule has 0 aromatic heterocycles. The fourth-order valence-electron chi connectivity index (χ4n) is 3.42. The summed E-state index contributed by atoms with van der Waals surface area (Å²) < 4.78 is 36.8. The molecule has 0 aromatic carbocycles. The predicted octanol–water partition coefficient (Wildman–Crippen LogP) is -2.91. The first kappa shape index (κ1) is 50.9. The molecule has 0 bridgehead atoms. The topological polar surface area (TPSA) is 416 Å². The van der Waals surface area contributed by atoms with Gasteiger partial charge in [0, 0.05) is 0 Å². The lowest BCUT2D eigenvalue weighted by atomic mass is 9.90. The molecule has 0 fully saturated rings. The van der Waals surface area contributed by atoms with E-state index in [0.717, 1.165) is 36.5 Å². The lowest BCUT2D eigenvalue weighted by molar-refractivity contribution is -0.107. The Hall–Kier alpha value is -8.14. The molecular formula is C28H34N12O19. The normalized spacial score (nSPS) is 11.4. The van der Waals surface area contributed by atoms with Crippen molar-refractivity contribution in [2.24, 2.45) is 40.8 Å². The second-order valence-electron chi connectivity index (χ2n) is 10.5. The van der Waals surface area contributed by atoms with Gasteiger partial charge >= 0.3 is 36.6 Å². The van der Waals surface area contributed by atoms with Gasteiger partial charge in [-0.3, -0.25) is 0 Å². The van der Waals surface area contributed by atoms with Crippen LogP contribution >= 0.6 is 0 Å². The van der Waals surface area contributed by atoms with Gasteiger partial charge in [0.2, 0.25) is 36.5 Å². The standard InChI is InChI=1S/C28H34N12O19/c41-15-29-9-35-21(47)54-3-27(4-55-22(48)36-10-30-16-42,5-56-23(49)37-11-31-17-43)1-53-2-28(6-57-24(50)38-12-32-18-44,7-58-25(51)39-13-33-19-45)8-59-26(52)40-14-34-20-46/h1-14H2,(H,35,47)(H,36,48)(H,37,49)(H,38,50)(H,39,51)(H,40,52). The zero-order valence-corrected chi connectivity index (χ0v) is 30.3. The summed E-state index contributed by atoms with van der Waals surface area (Å²) in [7, 11) is 0. The molecule has 0 atom stereocenters. The van der Waals surface area contributed by atoms with E-state index >= 15 is 0 Å². The summed E-state index contributed by atoms with van der Waals surface area (Å²) in [4.78, 5) is 156. The molecule has 0 aliphatic rings. The average Bonchev–Trinajstić information content (AvgIpc) is 3.22. The summed E-state index contributed by atoms with van der Waals surface area (Å²) in [5, 5.41) is 12.3. The Bertz CT molecular complexity index is 1400. The molecule has 0 aromatic rings. The highest BCUT2D eigenvalue weighted by molar-refractivity contribution is 5.69. The largest absolute Gasteiger partial charge is 0.449 e. The highest BCUT2D eigenvalue weighted by Gasteiger charge is 2.41. The molecule has 0 rings (SSSR count). The van der Waals surface area contributed by atoms with Crippen LogP contribution in [-0.4, -0.2) is 166 Å². The number of isocyanates is 6. The summed E-state index contributed by atoms with van der Waals surface area (Å²) >= 11 is 0. The average molecular weight is 843 g/mol. The van der Waals surface area contributed by atoms with E-state index < -0.39 is 140 Å². The van der Waals surface area contributed by atoms with Crippen LogP contribution in [0, 0.1) is 10.8 Å². The van der Waals surface area contributed by atoms with Crippen molar-refractivity contribution in [3.63, 3.8) is 0 Å². The van der Waals surface area contributed by atoms with Gasteiger partial charge in [-0.2, -0.15) is 30.0 Å². The monoisotopic (exact) mass is 842 g/mol. The second-order valence-corrected chi connectivity index (χ2v) is 10.5. The minimum Gasteiger partial charge on any atom is -0.449 e. The zero-order valence-electron chi connectivity index (χ0n) is 30.3. The Balaban J connectivity index is 6.93. The maximum Gasteiger partial charge on any atom is 0.408 e. The number of hydrogen-bond donors (Lipinski definition) is 6. The Labute approximate surface area is 329 Å². The Morgan fingerprint density at radius 3 is 0.644 bits per heavy atom. The number of carbonyl (C=O) groups is 6. The Morgan fingerprint density at radius 1 is 0.322 bits per heavy atom. The van der Waals surface area contributed by atoms with E-state index in [1.807, 2.05) is 0 Å². The number of ether oxygens (including phenoxy) is 7. The quantitative estimate of drug-likeness (QED) is 0.0261. The van der Waals surface area contributed by atoms with Crippen LogP contribution < -0.4 is 31.9 Å². The number of aliphatic imine (C=N–C) groups is 6. The molecular weight excluding hydrogens is 808 g/mol. The number of hydrogen-bond acceptors (Lipinski definition) is 25. The van der Waals surface area contributed by atoms with E-state index in [1.165, 1.54) is 0 Å². The maximum atomic E-state index is 12.4. The van der Waals surface area contributed by atoms with E-state index in [9.17, 15) is 57.5 Å². The molecule has 0 radical (unpaired) electrons. The summed E-state index contributed by atoms with van der Waals surface area (Å²) in [6, 6.07) is 0. The Kier molecular flexibility index (Phi) is 27.7. The maximum absolute atomic E-state index is 12.4. The van der Waals surface area contributed by atoms with Crippen LogP contribution in [0.2, 0.25) is 0 Å². The molecule has 0 heterocycles. The number of rotatable bonds is 28. The summed E-state index contributed by atoms with van der Waals surface area (Å²) in [5.74, 6) is 0. The van der Waals surface area contributed by atoms with Crippen molar-refractivity contribution in [2.75, 3.05) is 92.9 Å². The van der Waals surface area contributed by atoms with Gasteiger partial charge in [0.1, 0.15) is 79.7 Å². The van der Waals surface area contributed by atoms with Crippen LogP contribution in [0.1, 0.15) is 0 Å². The van der Waals surface area contributed by atoms with Gasteiger partial charge in [0.05, 0.1) is 24.0 Å². The zero-order chi connectivity index (χ0) is 44.0. The number of amides is 6. The van der Waals surface area contributed by atoms with Gasteiger partial charge in [-0.1, -0.05) is 0 Å². The third-order valence-corrected chi connectivity index (χ3v) is 6.08. The van der Waals surface area contributed by atoms with Gasteiger partial charge < -0.3 is 65.1 Å². The van der Waals surface area contributed by atoms with Gasteiger partial charge in [0.25, 0.3) is 0 Å². The first-order valence-electron chi connectivity index (χ1n) is 15.7. The molecule has 6 N–H and O–H groups in total. The number of alkyl carbamates (subject to hydrolysis) is 6. The molecule has 0 aliphatic heterocycles. The summed E-state index contributed by atoms with van der Waals surface area (Å²) in [6.07, 6.45) is -0.409.